The molecule has 1 saturated heterocycles. The summed E-state index contributed by atoms with van der Waals surface area (Å²) in [5, 5.41) is 0.808. The molecule has 0 aromatic heterocycles. The minimum Gasteiger partial charge on any atom is -0.369 e. The highest BCUT2D eigenvalue weighted by molar-refractivity contribution is 6.30. The van der Waals surface area contributed by atoms with Crippen molar-refractivity contribution in [1.82, 2.24) is 4.90 Å². The van der Waals surface area contributed by atoms with E-state index in [4.69, 9.17) is 11.6 Å². The van der Waals surface area contributed by atoms with Crippen LogP contribution >= 0.6 is 11.6 Å². The summed E-state index contributed by atoms with van der Waals surface area (Å²) in [5.74, 6) is 1.20. The van der Waals surface area contributed by atoms with Crippen LogP contribution in [0.1, 0.15) is 23.5 Å². The summed E-state index contributed by atoms with van der Waals surface area (Å²) in [6.45, 7) is 7.60. The van der Waals surface area contributed by atoms with E-state index in [0.717, 1.165) is 43.7 Å². The Labute approximate surface area is 154 Å². The largest absolute Gasteiger partial charge is 0.369 e. The van der Waals surface area contributed by atoms with E-state index in [0.29, 0.717) is 5.92 Å². The summed E-state index contributed by atoms with van der Waals surface area (Å²) in [6.07, 6.45) is 1.24. The molecule has 132 valence electrons. The second-order valence-corrected chi connectivity index (χ2v) is 7.81. The Bertz CT molecular complexity index is 738. The van der Waals surface area contributed by atoms with Gasteiger partial charge in [0, 0.05) is 43.4 Å². The van der Waals surface area contributed by atoms with Crippen molar-refractivity contribution >= 4 is 17.3 Å². The van der Waals surface area contributed by atoms with Crippen LogP contribution in [0.15, 0.2) is 42.5 Å². The molecule has 1 aliphatic carbocycles. The molecule has 4 heteroatoms. The van der Waals surface area contributed by atoms with Gasteiger partial charge in [0.15, 0.2) is 0 Å². The van der Waals surface area contributed by atoms with Crippen LogP contribution in [-0.2, 0) is 0 Å². The van der Waals surface area contributed by atoms with Crippen LogP contribution in [0, 0.1) is 18.7 Å². The van der Waals surface area contributed by atoms with Crippen molar-refractivity contribution in [2.24, 2.45) is 5.92 Å². The number of hydrogen-bond acceptors (Lipinski definition) is 2. The van der Waals surface area contributed by atoms with Crippen LogP contribution in [0.5, 0.6) is 0 Å². The maximum atomic E-state index is 13.0. The molecule has 2 aromatic rings. The molecule has 1 saturated carbocycles. The fraction of sp³-hybridized carbons (Fsp3) is 0.429. The van der Waals surface area contributed by atoms with Crippen LogP contribution < -0.4 is 4.90 Å². The van der Waals surface area contributed by atoms with Crippen molar-refractivity contribution in [2.45, 2.75) is 19.3 Å². The third-order valence-electron chi connectivity index (χ3n) is 5.60. The maximum absolute atomic E-state index is 13.0. The zero-order valence-electron chi connectivity index (χ0n) is 14.6. The maximum Gasteiger partial charge on any atom is 0.123 e. The molecule has 1 aliphatic heterocycles. The van der Waals surface area contributed by atoms with Crippen LogP contribution in [0.2, 0.25) is 5.02 Å². The zero-order valence-corrected chi connectivity index (χ0v) is 15.3. The minimum absolute atomic E-state index is 0.145. The van der Waals surface area contributed by atoms with Gasteiger partial charge in [0.1, 0.15) is 5.82 Å². The van der Waals surface area contributed by atoms with E-state index in [2.05, 4.69) is 28.9 Å². The number of nitrogens with zero attached hydrogens (tertiary/aromatic N) is 2. The summed E-state index contributed by atoms with van der Waals surface area (Å²) in [6, 6.07) is 13.2. The number of rotatable bonds is 4. The van der Waals surface area contributed by atoms with Crippen molar-refractivity contribution in [3.63, 3.8) is 0 Å². The first-order chi connectivity index (χ1) is 12.1. The SMILES string of the molecule is Cc1ccc(Cl)cc1N1CCN(C[C@H]2CC2c2ccc(F)cc2)CC1. The van der Waals surface area contributed by atoms with Crippen LogP contribution in [0.25, 0.3) is 0 Å². The Balaban J connectivity index is 1.30. The molecule has 2 nitrogen and oxygen atoms in total. The molecule has 2 atom stereocenters. The minimum atomic E-state index is -0.145. The second kappa shape index (κ2) is 6.97. The second-order valence-electron chi connectivity index (χ2n) is 7.37. The Morgan fingerprint density at radius 3 is 2.48 bits per heavy atom. The van der Waals surface area contributed by atoms with Gasteiger partial charge in [0.25, 0.3) is 0 Å². The third-order valence-corrected chi connectivity index (χ3v) is 5.83. The van der Waals surface area contributed by atoms with E-state index in [-0.39, 0.29) is 5.82 Å². The van der Waals surface area contributed by atoms with Gasteiger partial charge in [-0.1, -0.05) is 29.8 Å². The molecule has 4 rings (SSSR count). The van der Waals surface area contributed by atoms with Crippen LogP contribution in [-0.4, -0.2) is 37.6 Å². The summed E-state index contributed by atoms with van der Waals surface area (Å²) in [5.41, 5.74) is 3.85. The summed E-state index contributed by atoms with van der Waals surface area (Å²) in [4.78, 5) is 5.02. The number of piperazine rings is 1. The van der Waals surface area contributed by atoms with Gasteiger partial charge in [-0.15, -0.1) is 0 Å². The quantitative estimate of drug-likeness (QED) is 0.780. The van der Waals surface area contributed by atoms with Gasteiger partial charge in [-0.25, -0.2) is 4.39 Å². The molecule has 2 aromatic carbocycles. The topological polar surface area (TPSA) is 6.48 Å². The fourth-order valence-corrected chi connectivity index (χ4v) is 4.16. The first-order valence-electron chi connectivity index (χ1n) is 9.09. The smallest absolute Gasteiger partial charge is 0.123 e. The van der Waals surface area contributed by atoms with Gasteiger partial charge in [0.2, 0.25) is 0 Å². The van der Waals surface area contributed by atoms with Gasteiger partial charge in [-0.2, -0.15) is 0 Å². The molecule has 0 amide bonds. The van der Waals surface area contributed by atoms with E-state index >= 15 is 0 Å². The molecule has 2 fully saturated rings. The Morgan fingerprint density at radius 2 is 1.76 bits per heavy atom. The molecule has 1 heterocycles. The zero-order chi connectivity index (χ0) is 17.4. The molecule has 25 heavy (non-hydrogen) atoms. The summed E-state index contributed by atoms with van der Waals surface area (Å²) >= 11 is 6.17. The fourth-order valence-electron chi connectivity index (χ4n) is 3.99. The Hall–Kier alpha value is -1.58. The van der Waals surface area contributed by atoms with E-state index in [1.807, 2.05) is 18.2 Å². The lowest BCUT2D eigenvalue weighted by Gasteiger charge is -2.37. The predicted molar refractivity (Wildman–Crippen MR) is 102 cm³/mol. The number of benzene rings is 2. The number of anilines is 1. The lowest BCUT2D eigenvalue weighted by molar-refractivity contribution is 0.246. The Kier molecular flexibility index (Phi) is 4.70. The lowest BCUT2D eigenvalue weighted by atomic mass is 10.1. The lowest BCUT2D eigenvalue weighted by Crippen LogP contribution is -2.47. The normalized spacial score (nSPS) is 23.7. The Morgan fingerprint density at radius 1 is 1.04 bits per heavy atom. The average Bonchev–Trinajstić information content (AvgIpc) is 3.38. The molecule has 0 radical (unpaired) electrons. The number of hydrogen-bond donors (Lipinski definition) is 0. The first-order valence-corrected chi connectivity index (χ1v) is 9.47. The molecular formula is C21H24ClFN2. The van der Waals surface area contributed by atoms with Gasteiger partial charge in [0.05, 0.1) is 0 Å². The van der Waals surface area contributed by atoms with E-state index in [1.54, 1.807) is 12.1 Å². The highest BCUT2D eigenvalue weighted by atomic mass is 35.5. The monoisotopic (exact) mass is 358 g/mol. The van der Waals surface area contributed by atoms with E-state index in [1.165, 1.54) is 23.2 Å². The number of aryl methyl sites for hydroxylation is 1. The highest BCUT2D eigenvalue weighted by Gasteiger charge is 2.39. The van der Waals surface area contributed by atoms with Crippen LogP contribution in [0.4, 0.5) is 10.1 Å². The molecule has 0 spiro atoms. The third kappa shape index (κ3) is 3.83. The first kappa shape index (κ1) is 16.9. The van der Waals surface area contributed by atoms with Gasteiger partial charge in [-0.3, -0.25) is 4.90 Å². The number of halogens is 2. The molecular weight excluding hydrogens is 335 g/mol. The molecule has 0 bridgehead atoms. The van der Waals surface area contributed by atoms with E-state index < -0.39 is 0 Å². The van der Waals surface area contributed by atoms with Crippen molar-refractivity contribution in [3.05, 3.63) is 64.4 Å². The van der Waals surface area contributed by atoms with Crippen LogP contribution in [0.3, 0.4) is 0 Å². The highest BCUT2D eigenvalue weighted by Crippen LogP contribution is 2.47. The standard InChI is InChI=1S/C21H24ClFN2/c1-15-2-5-18(22)13-21(15)25-10-8-24(9-11-25)14-17-12-20(17)16-3-6-19(23)7-4-16/h2-7,13,17,20H,8-12,14H2,1H3/t17-,20?/m1/s1. The molecule has 1 unspecified atom stereocenters. The van der Waals surface area contributed by atoms with E-state index in [9.17, 15) is 4.39 Å². The average molecular weight is 359 g/mol. The molecule has 2 aliphatic rings. The predicted octanol–water partition coefficient (Wildman–Crippen LogP) is 4.71. The van der Waals surface area contributed by atoms with Crippen molar-refractivity contribution in [2.75, 3.05) is 37.6 Å². The summed E-state index contributed by atoms with van der Waals surface area (Å²) < 4.78 is 13.0. The molecule has 0 N–H and O–H groups in total. The van der Waals surface area contributed by atoms with Gasteiger partial charge < -0.3 is 4.90 Å². The summed E-state index contributed by atoms with van der Waals surface area (Å²) in [7, 11) is 0. The van der Waals surface area contributed by atoms with Crippen molar-refractivity contribution in [3.8, 4) is 0 Å². The van der Waals surface area contributed by atoms with Crippen molar-refractivity contribution < 1.29 is 4.39 Å². The van der Waals surface area contributed by atoms with Gasteiger partial charge in [-0.05, 0) is 60.6 Å². The van der Waals surface area contributed by atoms with Crippen molar-refractivity contribution in [1.29, 1.82) is 0 Å². The van der Waals surface area contributed by atoms with Gasteiger partial charge >= 0.3 is 0 Å².